The number of hydrogen-bond donors (Lipinski definition) is 0. The lowest BCUT2D eigenvalue weighted by Gasteiger charge is -1.70. The van der Waals surface area contributed by atoms with E-state index < -0.39 is 0 Å². The molecule has 0 radical (unpaired) electrons. The first-order valence-electron chi connectivity index (χ1n) is 1.56. The maximum atomic E-state index is 12.0. The van der Waals surface area contributed by atoms with Crippen molar-refractivity contribution in [1.82, 2.24) is 4.37 Å². The lowest BCUT2D eigenvalue weighted by molar-refractivity contribution is 0.623. The normalized spacial score (nSPS) is 9.43. The zero-order valence-corrected chi connectivity index (χ0v) is 5.59. The molecule has 0 atom stereocenters. The third-order valence-corrected chi connectivity index (χ3v) is 1.88. The molecule has 0 aromatic carbocycles. The Labute approximate surface area is 52.5 Å². The smallest absolute Gasteiger partial charge is 0.168 e. The molecule has 0 bridgehead atoms. The van der Waals surface area contributed by atoms with Gasteiger partial charge in [0.25, 0.3) is 0 Å². The summed E-state index contributed by atoms with van der Waals surface area (Å²) >= 11 is 3.98. The summed E-state index contributed by atoms with van der Waals surface area (Å²) in [6, 6.07) is 0. The van der Waals surface area contributed by atoms with Gasteiger partial charge in [0.05, 0.1) is 0 Å². The Hall–Kier alpha value is 0.0400. The molecule has 0 saturated carbocycles. The van der Waals surface area contributed by atoms with Gasteiger partial charge in [0.15, 0.2) is 10.4 Å². The standard InChI is InChI=1S/C3HBrFNS/c4-3-2(5)1-7-6-3/h1H. The predicted molar refractivity (Wildman–Crippen MR) is 29.8 cm³/mol. The van der Waals surface area contributed by atoms with Crippen molar-refractivity contribution in [2.45, 2.75) is 0 Å². The van der Waals surface area contributed by atoms with Crippen molar-refractivity contribution in [3.8, 4) is 0 Å². The van der Waals surface area contributed by atoms with Gasteiger partial charge in [-0.05, 0) is 27.5 Å². The van der Waals surface area contributed by atoms with E-state index in [1.165, 1.54) is 5.38 Å². The molecular weight excluding hydrogens is 181 g/mol. The van der Waals surface area contributed by atoms with Crippen LogP contribution >= 0.6 is 27.5 Å². The van der Waals surface area contributed by atoms with E-state index in [1.54, 1.807) is 0 Å². The second kappa shape index (κ2) is 1.88. The zero-order valence-electron chi connectivity index (χ0n) is 3.19. The molecule has 0 saturated heterocycles. The minimum absolute atomic E-state index is 0.287. The Morgan fingerprint density at radius 3 is 2.71 bits per heavy atom. The molecule has 0 amide bonds. The van der Waals surface area contributed by atoms with E-state index in [2.05, 4.69) is 20.3 Å². The van der Waals surface area contributed by atoms with Gasteiger partial charge in [0, 0.05) is 5.38 Å². The van der Waals surface area contributed by atoms with Crippen LogP contribution in [0.2, 0.25) is 0 Å². The lowest BCUT2D eigenvalue weighted by atomic mass is 10.7. The van der Waals surface area contributed by atoms with Gasteiger partial charge in [-0.15, -0.1) is 0 Å². The maximum absolute atomic E-state index is 12.0. The summed E-state index contributed by atoms with van der Waals surface area (Å²) in [5.41, 5.74) is 0. The summed E-state index contributed by atoms with van der Waals surface area (Å²) < 4.78 is 15.9. The molecule has 4 heteroatoms. The van der Waals surface area contributed by atoms with Crippen LogP contribution in [0.5, 0.6) is 0 Å². The Bertz CT molecular complexity index is 147. The second-order valence-corrected chi connectivity index (χ2v) is 2.33. The molecule has 0 fully saturated rings. The van der Waals surface area contributed by atoms with Crippen molar-refractivity contribution in [3.05, 3.63) is 15.8 Å². The summed E-state index contributed by atoms with van der Waals surface area (Å²) in [6.07, 6.45) is 0. The molecule has 1 rings (SSSR count). The van der Waals surface area contributed by atoms with Crippen LogP contribution in [0.4, 0.5) is 4.39 Å². The van der Waals surface area contributed by atoms with Crippen molar-refractivity contribution in [2.24, 2.45) is 0 Å². The highest BCUT2D eigenvalue weighted by molar-refractivity contribution is 9.10. The molecule has 0 aliphatic heterocycles. The number of halogens is 2. The van der Waals surface area contributed by atoms with Gasteiger partial charge in [-0.1, -0.05) is 0 Å². The van der Waals surface area contributed by atoms with Gasteiger partial charge in [0.2, 0.25) is 0 Å². The maximum Gasteiger partial charge on any atom is 0.168 e. The first-order chi connectivity index (χ1) is 3.30. The SMILES string of the molecule is Fc1csnc1Br. The van der Waals surface area contributed by atoms with Crippen molar-refractivity contribution in [2.75, 3.05) is 0 Å². The average Bonchev–Trinajstić information content (AvgIpc) is 1.91. The number of hydrogen-bond acceptors (Lipinski definition) is 2. The minimum atomic E-state index is -0.287. The van der Waals surface area contributed by atoms with E-state index >= 15 is 0 Å². The fraction of sp³-hybridized carbons (Fsp3) is 0. The van der Waals surface area contributed by atoms with Crippen molar-refractivity contribution in [1.29, 1.82) is 0 Å². The third-order valence-electron chi connectivity index (χ3n) is 0.486. The third kappa shape index (κ3) is 0.978. The van der Waals surface area contributed by atoms with Gasteiger partial charge in [-0.3, -0.25) is 0 Å². The van der Waals surface area contributed by atoms with Crippen molar-refractivity contribution >= 4 is 27.5 Å². The van der Waals surface area contributed by atoms with Crippen LogP contribution in [0.25, 0.3) is 0 Å². The summed E-state index contributed by atoms with van der Waals surface area (Å²) in [6.45, 7) is 0. The molecule has 38 valence electrons. The fourth-order valence-corrected chi connectivity index (χ4v) is 1.16. The zero-order chi connectivity index (χ0) is 5.28. The first kappa shape index (κ1) is 5.18. The topological polar surface area (TPSA) is 12.9 Å². The summed E-state index contributed by atoms with van der Waals surface area (Å²) in [5.74, 6) is -0.287. The summed E-state index contributed by atoms with van der Waals surface area (Å²) in [4.78, 5) is 0. The Balaban J connectivity index is 3.12. The molecule has 0 unspecified atom stereocenters. The van der Waals surface area contributed by atoms with Crippen LogP contribution in [0.3, 0.4) is 0 Å². The molecular formula is C3HBrFNS. The van der Waals surface area contributed by atoms with Gasteiger partial charge in [0.1, 0.15) is 0 Å². The number of nitrogens with zero attached hydrogens (tertiary/aromatic N) is 1. The monoisotopic (exact) mass is 181 g/mol. The van der Waals surface area contributed by atoms with Crippen molar-refractivity contribution in [3.63, 3.8) is 0 Å². The van der Waals surface area contributed by atoms with Gasteiger partial charge in [-0.2, -0.15) is 4.37 Å². The molecule has 1 heterocycles. The van der Waals surface area contributed by atoms with Crippen LogP contribution in [-0.2, 0) is 0 Å². The Kier molecular flexibility index (Phi) is 1.39. The summed E-state index contributed by atoms with van der Waals surface area (Å²) in [5, 5.41) is 1.34. The van der Waals surface area contributed by atoms with Gasteiger partial charge < -0.3 is 0 Å². The van der Waals surface area contributed by atoms with E-state index in [0.717, 1.165) is 11.5 Å². The molecule has 0 aliphatic carbocycles. The second-order valence-electron chi connectivity index (χ2n) is 0.953. The highest BCUT2D eigenvalue weighted by Crippen LogP contribution is 2.13. The van der Waals surface area contributed by atoms with Crippen molar-refractivity contribution < 1.29 is 4.39 Å². The van der Waals surface area contributed by atoms with Gasteiger partial charge >= 0.3 is 0 Å². The molecule has 1 aromatic rings. The number of rotatable bonds is 0. The molecule has 0 spiro atoms. The van der Waals surface area contributed by atoms with Crippen LogP contribution in [0, 0.1) is 5.82 Å². The first-order valence-corrected chi connectivity index (χ1v) is 3.19. The lowest BCUT2D eigenvalue weighted by Crippen LogP contribution is -1.62. The van der Waals surface area contributed by atoms with Crippen LogP contribution in [-0.4, -0.2) is 4.37 Å². The molecule has 0 aliphatic rings. The van der Waals surface area contributed by atoms with E-state index in [4.69, 9.17) is 0 Å². The molecule has 1 nitrogen and oxygen atoms in total. The van der Waals surface area contributed by atoms with Gasteiger partial charge in [-0.25, -0.2) is 4.39 Å². The Morgan fingerprint density at radius 2 is 2.57 bits per heavy atom. The van der Waals surface area contributed by atoms with Crippen LogP contribution in [0.15, 0.2) is 9.98 Å². The molecule has 1 aromatic heterocycles. The van der Waals surface area contributed by atoms with E-state index in [1.807, 2.05) is 0 Å². The van der Waals surface area contributed by atoms with E-state index in [0.29, 0.717) is 4.60 Å². The Morgan fingerprint density at radius 1 is 1.86 bits per heavy atom. The minimum Gasteiger partial charge on any atom is -0.203 e. The fourth-order valence-electron chi connectivity index (χ4n) is 0.211. The highest BCUT2D eigenvalue weighted by atomic mass is 79.9. The average molecular weight is 182 g/mol. The van der Waals surface area contributed by atoms with E-state index in [9.17, 15) is 4.39 Å². The highest BCUT2D eigenvalue weighted by Gasteiger charge is 1.96. The van der Waals surface area contributed by atoms with Crippen LogP contribution in [0.1, 0.15) is 0 Å². The predicted octanol–water partition coefficient (Wildman–Crippen LogP) is 2.04. The molecule has 0 N–H and O–H groups in total. The quantitative estimate of drug-likeness (QED) is 0.598. The number of aromatic nitrogens is 1. The molecule has 7 heavy (non-hydrogen) atoms. The van der Waals surface area contributed by atoms with Crippen LogP contribution < -0.4 is 0 Å². The van der Waals surface area contributed by atoms with E-state index in [-0.39, 0.29) is 5.82 Å². The largest absolute Gasteiger partial charge is 0.203 e. The summed E-state index contributed by atoms with van der Waals surface area (Å²) in [7, 11) is 0.